The molecule has 0 heterocycles. The first-order chi connectivity index (χ1) is 11.2. The highest BCUT2D eigenvalue weighted by molar-refractivity contribution is 5.80. The molecule has 130 valence electrons. The van der Waals surface area contributed by atoms with Gasteiger partial charge in [0, 0.05) is 6.08 Å². The topological polar surface area (TPSA) is 57.5 Å². The van der Waals surface area contributed by atoms with Gasteiger partial charge in [0.15, 0.2) is 0 Å². The average Bonchev–Trinajstić information content (AvgIpc) is 2.52. The minimum Gasteiger partial charge on any atom is -0.478 e. The zero-order valence-corrected chi connectivity index (χ0v) is 14.4. The van der Waals surface area contributed by atoms with Crippen LogP contribution in [0.15, 0.2) is 48.6 Å². The fourth-order valence-electron chi connectivity index (χ4n) is 2.17. The summed E-state index contributed by atoms with van der Waals surface area (Å²) in [6.07, 6.45) is 23.8. The Labute approximate surface area is 141 Å². The third-order valence-corrected chi connectivity index (χ3v) is 3.48. The molecule has 0 radical (unpaired) electrons. The molecule has 0 aromatic carbocycles. The molecule has 0 bridgehead atoms. The van der Waals surface area contributed by atoms with Gasteiger partial charge in [0.05, 0.1) is 6.10 Å². The third-order valence-electron chi connectivity index (χ3n) is 3.48. The largest absolute Gasteiger partial charge is 0.478 e. The first-order valence-corrected chi connectivity index (χ1v) is 8.76. The summed E-state index contributed by atoms with van der Waals surface area (Å²) < 4.78 is 0. The number of carboxylic acids is 1. The van der Waals surface area contributed by atoms with Gasteiger partial charge in [0.25, 0.3) is 0 Å². The molecule has 0 rings (SSSR count). The molecule has 1 atom stereocenters. The first kappa shape index (κ1) is 21.4. The van der Waals surface area contributed by atoms with Crippen molar-refractivity contribution < 1.29 is 15.0 Å². The van der Waals surface area contributed by atoms with E-state index in [2.05, 4.69) is 6.92 Å². The summed E-state index contributed by atoms with van der Waals surface area (Å²) in [6.45, 7) is 2.23. The monoisotopic (exact) mass is 320 g/mol. The minimum atomic E-state index is -0.956. The maximum absolute atomic E-state index is 10.2. The molecule has 3 nitrogen and oxygen atoms in total. The summed E-state index contributed by atoms with van der Waals surface area (Å²) in [6, 6.07) is 0. The molecule has 23 heavy (non-hydrogen) atoms. The van der Waals surface area contributed by atoms with E-state index >= 15 is 0 Å². The number of carboxylic acid groups (broad SMARTS) is 1. The summed E-state index contributed by atoms with van der Waals surface area (Å²) in [5, 5.41) is 18.2. The van der Waals surface area contributed by atoms with E-state index in [0.29, 0.717) is 0 Å². The average molecular weight is 320 g/mol. The summed E-state index contributed by atoms with van der Waals surface area (Å²) in [5.41, 5.74) is 0. The van der Waals surface area contributed by atoms with Gasteiger partial charge < -0.3 is 10.2 Å². The first-order valence-electron chi connectivity index (χ1n) is 8.76. The number of aliphatic hydroxyl groups excluding tert-OH is 1. The molecule has 2 N–H and O–H groups in total. The summed E-state index contributed by atoms with van der Waals surface area (Å²) in [5.74, 6) is -0.956. The number of unbranched alkanes of at least 4 members (excludes halogenated alkanes) is 7. The van der Waals surface area contributed by atoms with Crippen LogP contribution in [0.2, 0.25) is 0 Å². The van der Waals surface area contributed by atoms with E-state index in [-0.39, 0.29) is 6.10 Å². The lowest BCUT2D eigenvalue weighted by molar-refractivity contribution is -0.131. The van der Waals surface area contributed by atoms with Crippen LogP contribution in [-0.2, 0) is 4.79 Å². The fraction of sp³-hybridized carbons (Fsp3) is 0.550. The zero-order chi connectivity index (χ0) is 17.2. The van der Waals surface area contributed by atoms with Crippen molar-refractivity contribution in [3.63, 3.8) is 0 Å². The lowest BCUT2D eigenvalue weighted by Crippen LogP contribution is -2.01. The minimum absolute atomic E-state index is 0.379. The Balaban J connectivity index is 3.57. The SMILES string of the molecule is CCCCCCCCCCC(O)/C=C/C=C/C=C/C=C/C(=O)O. The quantitative estimate of drug-likeness (QED) is 0.263. The van der Waals surface area contributed by atoms with Crippen LogP contribution in [0.1, 0.15) is 64.7 Å². The van der Waals surface area contributed by atoms with Gasteiger partial charge in [-0.3, -0.25) is 0 Å². The van der Waals surface area contributed by atoms with Crippen molar-refractivity contribution in [3.05, 3.63) is 48.6 Å². The van der Waals surface area contributed by atoms with Crippen molar-refractivity contribution in [1.29, 1.82) is 0 Å². The van der Waals surface area contributed by atoms with Crippen LogP contribution in [0.4, 0.5) is 0 Å². The number of carbonyl (C=O) groups is 1. The van der Waals surface area contributed by atoms with E-state index in [1.807, 2.05) is 12.2 Å². The van der Waals surface area contributed by atoms with Crippen molar-refractivity contribution in [2.45, 2.75) is 70.8 Å². The van der Waals surface area contributed by atoms with E-state index in [1.54, 1.807) is 24.3 Å². The highest BCUT2D eigenvalue weighted by Gasteiger charge is 1.98. The number of aliphatic hydroxyl groups is 1. The normalized spacial score (nSPS) is 13.8. The number of hydrogen-bond acceptors (Lipinski definition) is 2. The Morgan fingerprint density at radius 1 is 0.826 bits per heavy atom. The lowest BCUT2D eigenvalue weighted by Gasteiger charge is -2.05. The second kappa shape index (κ2) is 16.8. The smallest absolute Gasteiger partial charge is 0.328 e. The molecule has 0 aliphatic carbocycles. The molecule has 0 aliphatic heterocycles. The lowest BCUT2D eigenvalue weighted by atomic mass is 10.1. The predicted molar refractivity (Wildman–Crippen MR) is 97.4 cm³/mol. The predicted octanol–water partition coefficient (Wildman–Crippen LogP) is 5.19. The zero-order valence-electron chi connectivity index (χ0n) is 14.4. The van der Waals surface area contributed by atoms with E-state index in [1.165, 1.54) is 51.0 Å². The Morgan fingerprint density at radius 2 is 1.35 bits per heavy atom. The Kier molecular flexibility index (Phi) is 15.6. The van der Waals surface area contributed by atoms with Gasteiger partial charge in [0.1, 0.15) is 0 Å². The van der Waals surface area contributed by atoms with Crippen molar-refractivity contribution in [2.24, 2.45) is 0 Å². The Hall–Kier alpha value is -1.61. The van der Waals surface area contributed by atoms with Crippen LogP contribution < -0.4 is 0 Å². The molecule has 0 saturated carbocycles. The maximum atomic E-state index is 10.2. The molecule has 0 aliphatic rings. The molecule has 0 amide bonds. The molecular weight excluding hydrogens is 288 g/mol. The molecule has 0 aromatic rings. The highest BCUT2D eigenvalue weighted by Crippen LogP contribution is 2.11. The van der Waals surface area contributed by atoms with E-state index < -0.39 is 5.97 Å². The van der Waals surface area contributed by atoms with Crippen LogP contribution in [0.25, 0.3) is 0 Å². The van der Waals surface area contributed by atoms with Crippen LogP contribution in [-0.4, -0.2) is 22.3 Å². The van der Waals surface area contributed by atoms with Crippen LogP contribution >= 0.6 is 0 Å². The van der Waals surface area contributed by atoms with E-state index in [0.717, 1.165) is 18.9 Å². The molecule has 0 fully saturated rings. The van der Waals surface area contributed by atoms with Gasteiger partial charge in [0.2, 0.25) is 0 Å². The van der Waals surface area contributed by atoms with Gasteiger partial charge in [-0.2, -0.15) is 0 Å². The van der Waals surface area contributed by atoms with Gasteiger partial charge >= 0.3 is 5.97 Å². The van der Waals surface area contributed by atoms with Crippen molar-refractivity contribution in [1.82, 2.24) is 0 Å². The van der Waals surface area contributed by atoms with Crippen LogP contribution in [0, 0.1) is 0 Å². The molecular formula is C20H32O3. The number of allylic oxidation sites excluding steroid dienone is 6. The number of rotatable bonds is 14. The molecule has 0 saturated heterocycles. The van der Waals surface area contributed by atoms with Gasteiger partial charge in [-0.15, -0.1) is 0 Å². The summed E-state index contributed by atoms with van der Waals surface area (Å²) >= 11 is 0. The summed E-state index contributed by atoms with van der Waals surface area (Å²) in [7, 11) is 0. The standard InChI is InChI=1S/C20H32O3/c1-2-3-4-5-6-7-10-13-16-19(21)17-14-11-8-9-12-15-18-20(22)23/h8-9,11-12,14-15,17-19,21H,2-7,10,13,16H2,1H3,(H,22,23)/b11-8+,12-9+,17-14+,18-15+. The Morgan fingerprint density at radius 3 is 1.96 bits per heavy atom. The Bertz CT molecular complexity index is 392. The van der Waals surface area contributed by atoms with Gasteiger partial charge in [-0.05, 0) is 6.42 Å². The maximum Gasteiger partial charge on any atom is 0.328 e. The van der Waals surface area contributed by atoms with Crippen LogP contribution in [0.3, 0.4) is 0 Å². The third kappa shape index (κ3) is 18.3. The van der Waals surface area contributed by atoms with Gasteiger partial charge in [-0.25, -0.2) is 4.79 Å². The fourth-order valence-corrected chi connectivity index (χ4v) is 2.17. The molecule has 1 unspecified atom stereocenters. The highest BCUT2D eigenvalue weighted by atomic mass is 16.4. The summed E-state index contributed by atoms with van der Waals surface area (Å²) in [4.78, 5) is 10.2. The molecule has 3 heteroatoms. The van der Waals surface area contributed by atoms with Gasteiger partial charge in [-0.1, -0.05) is 101 Å². The molecule has 0 aromatic heterocycles. The van der Waals surface area contributed by atoms with E-state index in [9.17, 15) is 9.90 Å². The number of aliphatic carboxylic acids is 1. The second-order valence-electron chi connectivity index (χ2n) is 5.68. The van der Waals surface area contributed by atoms with Crippen molar-refractivity contribution in [3.8, 4) is 0 Å². The van der Waals surface area contributed by atoms with Crippen molar-refractivity contribution >= 4 is 5.97 Å². The van der Waals surface area contributed by atoms with E-state index in [4.69, 9.17) is 5.11 Å². The molecule has 0 spiro atoms. The van der Waals surface area contributed by atoms with Crippen molar-refractivity contribution in [2.75, 3.05) is 0 Å². The van der Waals surface area contributed by atoms with Crippen LogP contribution in [0.5, 0.6) is 0 Å². The second-order valence-corrected chi connectivity index (χ2v) is 5.68. The number of hydrogen-bond donors (Lipinski definition) is 2.